The fourth-order valence-corrected chi connectivity index (χ4v) is 2.85. The molecule has 1 heterocycles. The lowest BCUT2D eigenvalue weighted by Crippen LogP contribution is -2.33. The summed E-state index contributed by atoms with van der Waals surface area (Å²) >= 11 is 12.0. The predicted molar refractivity (Wildman–Crippen MR) is 68.3 cm³/mol. The van der Waals surface area contributed by atoms with Crippen LogP contribution in [0.15, 0.2) is 24.3 Å². The van der Waals surface area contributed by atoms with E-state index in [2.05, 4.69) is 19.1 Å². The lowest BCUT2D eigenvalue weighted by Gasteiger charge is -2.30. The maximum atomic E-state index is 6.13. The number of hydrogen-bond acceptors (Lipinski definition) is 1. The van der Waals surface area contributed by atoms with Crippen molar-refractivity contribution in [3.63, 3.8) is 0 Å². The molecule has 0 aromatic heterocycles. The number of halogens is 2. The molecule has 0 aliphatic carbocycles. The highest BCUT2D eigenvalue weighted by molar-refractivity contribution is 6.30. The van der Waals surface area contributed by atoms with Crippen LogP contribution in [0, 0.1) is 5.41 Å². The Kier molecular flexibility index (Phi) is 3.78. The topological polar surface area (TPSA) is 9.23 Å². The zero-order chi connectivity index (χ0) is 11.6. The normalized spacial score (nSPS) is 29.6. The van der Waals surface area contributed by atoms with Gasteiger partial charge < -0.3 is 4.74 Å². The fourth-order valence-electron chi connectivity index (χ4n) is 2.28. The summed E-state index contributed by atoms with van der Waals surface area (Å²) in [6, 6.07) is 8.00. The fraction of sp³-hybridized carbons (Fsp3) is 0.538. The summed E-state index contributed by atoms with van der Waals surface area (Å²) in [5.74, 6) is 0.650. The van der Waals surface area contributed by atoms with Gasteiger partial charge in [0, 0.05) is 22.9 Å². The zero-order valence-corrected chi connectivity index (χ0v) is 10.9. The Morgan fingerprint density at radius 2 is 2.06 bits per heavy atom. The van der Waals surface area contributed by atoms with E-state index >= 15 is 0 Å². The minimum Gasteiger partial charge on any atom is -0.378 e. The Bertz CT molecular complexity index is 349. The summed E-state index contributed by atoms with van der Waals surface area (Å²) < 4.78 is 5.65. The molecule has 2 unspecified atom stereocenters. The van der Waals surface area contributed by atoms with Crippen molar-refractivity contribution in [1.82, 2.24) is 0 Å². The predicted octanol–water partition coefficient (Wildman–Crippen LogP) is 3.92. The molecule has 3 heteroatoms. The highest BCUT2D eigenvalue weighted by Crippen LogP contribution is 2.39. The van der Waals surface area contributed by atoms with Gasteiger partial charge in [0.25, 0.3) is 0 Å². The summed E-state index contributed by atoms with van der Waals surface area (Å²) in [4.78, 5) is 0. The van der Waals surface area contributed by atoms with E-state index < -0.39 is 0 Å². The van der Waals surface area contributed by atoms with Crippen molar-refractivity contribution in [2.24, 2.45) is 5.41 Å². The Labute approximate surface area is 107 Å². The lowest BCUT2D eigenvalue weighted by atomic mass is 9.78. The number of ether oxygens (including phenoxy) is 1. The highest BCUT2D eigenvalue weighted by atomic mass is 35.5. The molecule has 1 fully saturated rings. The smallest absolute Gasteiger partial charge is 0.0618 e. The Hall–Kier alpha value is -0.240. The van der Waals surface area contributed by atoms with Gasteiger partial charge in [-0.25, -0.2) is 0 Å². The van der Waals surface area contributed by atoms with Crippen molar-refractivity contribution in [3.05, 3.63) is 34.9 Å². The average molecular weight is 259 g/mol. The number of alkyl halides is 1. The van der Waals surface area contributed by atoms with Gasteiger partial charge in [-0.1, -0.05) is 23.7 Å². The van der Waals surface area contributed by atoms with E-state index in [9.17, 15) is 0 Å². The molecule has 0 spiro atoms. The number of benzene rings is 1. The number of rotatable bonds is 3. The van der Waals surface area contributed by atoms with Crippen molar-refractivity contribution >= 4 is 23.2 Å². The third-order valence-electron chi connectivity index (χ3n) is 3.57. The van der Waals surface area contributed by atoms with Crippen molar-refractivity contribution in [2.75, 3.05) is 12.5 Å². The summed E-state index contributed by atoms with van der Waals surface area (Å²) in [6.45, 7) is 2.94. The zero-order valence-electron chi connectivity index (χ0n) is 9.38. The van der Waals surface area contributed by atoms with E-state index in [-0.39, 0.29) is 11.5 Å². The second-order valence-electron chi connectivity index (χ2n) is 4.56. The molecule has 88 valence electrons. The molecule has 1 nitrogen and oxygen atoms in total. The first-order valence-electron chi connectivity index (χ1n) is 5.58. The van der Waals surface area contributed by atoms with Crippen LogP contribution in [-0.4, -0.2) is 18.6 Å². The van der Waals surface area contributed by atoms with Gasteiger partial charge in [0.2, 0.25) is 0 Å². The van der Waals surface area contributed by atoms with Crippen molar-refractivity contribution in [3.8, 4) is 0 Å². The van der Waals surface area contributed by atoms with E-state index in [1.807, 2.05) is 12.1 Å². The van der Waals surface area contributed by atoms with Crippen molar-refractivity contribution in [2.45, 2.75) is 25.9 Å². The molecule has 0 radical (unpaired) electrons. The first kappa shape index (κ1) is 12.2. The van der Waals surface area contributed by atoms with E-state index in [1.165, 1.54) is 5.56 Å². The van der Waals surface area contributed by atoms with Gasteiger partial charge in [-0.15, -0.1) is 11.6 Å². The van der Waals surface area contributed by atoms with Crippen LogP contribution >= 0.6 is 23.2 Å². The standard InChI is InChI=1S/C13H16Cl2O/c1-10-13(9-14,6-7-16-10)8-11-2-4-12(15)5-3-11/h2-5,10H,6-9H2,1H3. The molecule has 2 rings (SSSR count). The quantitative estimate of drug-likeness (QED) is 0.747. The van der Waals surface area contributed by atoms with Gasteiger partial charge >= 0.3 is 0 Å². The third kappa shape index (κ3) is 2.37. The molecule has 0 saturated carbocycles. The molecule has 0 N–H and O–H groups in total. The monoisotopic (exact) mass is 258 g/mol. The molecule has 0 amide bonds. The largest absolute Gasteiger partial charge is 0.378 e. The molecule has 2 atom stereocenters. The van der Waals surface area contributed by atoms with Crippen molar-refractivity contribution in [1.29, 1.82) is 0 Å². The van der Waals surface area contributed by atoms with Gasteiger partial charge in [-0.3, -0.25) is 0 Å². The van der Waals surface area contributed by atoms with Crippen LogP contribution in [0.3, 0.4) is 0 Å². The van der Waals surface area contributed by atoms with Gasteiger partial charge in [-0.2, -0.15) is 0 Å². The van der Waals surface area contributed by atoms with Crippen LogP contribution in [0.4, 0.5) is 0 Å². The van der Waals surface area contributed by atoms with Crippen LogP contribution in [0.1, 0.15) is 18.9 Å². The highest BCUT2D eigenvalue weighted by Gasteiger charge is 2.40. The van der Waals surface area contributed by atoms with E-state index in [0.717, 1.165) is 24.5 Å². The summed E-state index contributed by atoms with van der Waals surface area (Å²) in [5.41, 5.74) is 1.37. The molecule has 1 aromatic carbocycles. The third-order valence-corrected chi connectivity index (χ3v) is 4.35. The Morgan fingerprint density at radius 1 is 1.38 bits per heavy atom. The molecule has 1 saturated heterocycles. The van der Waals surface area contributed by atoms with Crippen LogP contribution in [0.2, 0.25) is 5.02 Å². The lowest BCUT2D eigenvalue weighted by molar-refractivity contribution is 0.0735. The van der Waals surface area contributed by atoms with Gasteiger partial charge in [0.05, 0.1) is 6.10 Å². The minimum absolute atomic E-state index is 0.0926. The first-order valence-corrected chi connectivity index (χ1v) is 6.49. The molecule has 16 heavy (non-hydrogen) atoms. The maximum Gasteiger partial charge on any atom is 0.0618 e. The molecular formula is C13H16Cl2O. The van der Waals surface area contributed by atoms with Gasteiger partial charge in [-0.05, 0) is 37.5 Å². The Morgan fingerprint density at radius 3 is 2.56 bits per heavy atom. The first-order chi connectivity index (χ1) is 7.66. The van der Waals surface area contributed by atoms with Crippen LogP contribution in [0.25, 0.3) is 0 Å². The van der Waals surface area contributed by atoms with E-state index in [1.54, 1.807) is 0 Å². The SMILES string of the molecule is CC1OCCC1(CCl)Cc1ccc(Cl)cc1. The molecule has 1 aromatic rings. The maximum absolute atomic E-state index is 6.13. The molecule has 0 bridgehead atoms. The molecule has 1 aliphatic heterocycles. The van der Waals surface area contributed by atoms with Gasteiger partial charge in [0.15, 0.2) is 0 Å². The second kappa shape index (κ2) is 4.95. The van der Waals surface area contributed by atoms with E-state index in [0.29, 0.717) is 5.88 Å². The second-order valence-corrected chi connectivity index (χ2v) is 5.27. The van der Waals surface area contributed by atoms with Crippen LogP contribution in [-0.2, 0) is 11.2 Å². The average Bonchev–Trinajstić information content (AvgIpc) is 2.64. The van der Waals surface area contributed by atoms with Crippen LogP contribution < -0.4 is 0 Å². The minimum atomic E-state index is 0.0926. The Balaban J connectivity index is 2.15. The molecule has 1 aliphatic rings. The van der Waals surface area contributed by atoms with E-state index in [4.69, 9.17) is 27.9 Å². The summed E-state index contributed by atoms with van der Waals surface area (Å²) in [5, 5.41) is 0.777. The number of hydrogen-bond donors (Lipinski definition) is 0. The van der Waals surface area contributed by atoms with Gasteiger partial charge in [0.1, 0.15) is 0 Å². The van der Waals surface area contributed by atoms with Crippen LogP contribution in [0.5, 0.6) is 0 Å². The van der Waals surface area contributed by atoms with Crippen molar-refractivity contribution < 1.29 is 4.74 Å². The summed E-state index contributed by atoms with van der Waals surface area (Å²) in [7, 11) is 0. The summed E-state index contributed by atoms with van der Waals surface area (Å²) in [6.07, 6.45) is 2.25. The molecular weight excluding hydrogens is 243 g/mol.